The number of nitrogens with zero attached hydrogens (tertiary/aromatic N) is 2. The average molecular weight is 343 g/mol. The van der Waals surface area contributed by atoms with Crippen LogP contribution >= 0.6 is 11.6 Å². The van der Waals surface area contributed by atoms with Gasteiger partial charge in [-0.25, -0.2) is 0 Å². The van der Waals surface area contributed by atoms with E-state index >= 15 is 0 Å². The second-order valence-corrected chi connectivity index (χ2v) is 7.80. The average Bonchev–Trinajstić information content (AvgIpc) is 2.89. The Morgan fingerprint density at radius 3 is 2.55 bits per heavy atom. The van der Waals surface area contributed by atoms with E-state index in [1.807, 2.05) is 26.8 Å². The van der Waals surface area contributed by atoms with Crippen molar-refractivity contribution in [3.63, 3.8) is 0 Å². The predicted octanol–water partition coefficient (Wildman–Crippen LogP) is 3.48. The number of ether oxygens (including phenoxy) is 1. The monoisotopic (exact) mass is 342 g/mol. The van der Waals surface area contributed by atoms with Crippen molar-refractivity contribution in [2.45, 2.75) is 37.7 Å². The first-order chi connectivity index (χ1) is 10.3. The minimum Gasteiger partial charge on any atom is -0.497 e. The first kappa shape index (κ1) is 17.0. The van der Waals surface area contributed by atoms with Crippen molar-refractivity contribution in [1.82, 2.24) is 10.2 Å². The van der Waals surface area contributed by atoms with Crippen molar-refractivity contribution < 1.29 is 13.4 Å². The van der Waals surface area contributed by atoms with Crippen molar-refractivity contribution in [1.29, 1.82) is 0 Å². The quantitative estimate of drug-likeness (QED) is 0.832. The lowest BCUT2D eigenvalue weighted by molar-refractivity contribution is 0.378. The molecule has 1 heterocycles. The topological polar surface area (TPSA) is 65.2 Å². The van der Waals surface area contributed by atoms with E-state index in [2.05, 4.69) is 10.2 Å². The van der Waals surface area contributed by atoms with Crippen LogP contribution < -0.4 is 4.74 Å². The number of rotatable bonds is 5. The summed E-state index contributed by atoms with van der Waals surface area (Å²) in [6, 6.07) is 5.31. The Kier molecular flexibility index (Phi) is 5.24. The summed E-state index contributed by atoms with van der Waals surface area (Å²) in [6.45, 7) is 5.95. The van der Waals surface area contributed by atoms with Crippen molar-refractivity contribution in [3.8, 4) is 5.75 Å². The first-order valence-electron chi connectivity index (χ1n) is 6.80. The molecule has 0 amide bonds. The number of aromatic nitrogens is 2. The summed E-state index contributed by atoms with van der Waals surface area (Å²) in [5, 5.41) is 8.48. The number of hydrogen-bond donors (Lipinski definition) is 0. The van der Waals surface area contributed by atoms with E-state index in [1.165, 1.54) is 0 Å². The van der Waals surface area contributed by atoms with Gasteiger partial charge in [0.1, 0.15) is 11.5 Å². The summed E-state index contributed by atoms with van der Waals surface area (Å²) in [5.41, 5.74) is 0.586. The molecule has 7 heteroatoms. The predicted molar refractivity (Wildman–Crippen MR) is 86.6 cm³/mol. The molecule has 0 bridgehead atoms. The minimum atomic E-state index is -1.18. The zero-order chi connectivity index (χ0) is 16.3. The normalized spacial score (nSPS) is 13.1. The summed E-state index contributed by atoms with van der Waals surface area (Å²) in [6.07, 6.45) is 0. The maximum atomic E-state index is 12.2. The third-order valence-corrected chi connectivity index (χ3v) is 4.52. The van der Waals surface area contributed by atoms with Gasteiger partial charge in [0.2, 0.25) is 11.8 Å². The Bertz CT molecular complexity index is 680. The van der Waals surface area contributed by atoms with Crippen molar-refractivity contribution in [3.05, 3.63) is 40.6 Å². The van der Waals surface area contributed by atoms with Crippen molar-refractivity contribution in [2.75, 3.05) is 7.11 Å². The maximum absolute atomic E-state index is 12.2. The van der Waals surface area contributed by atoms with Crippen LogP contribution in [0.25, 0.3) is 0 Å². The second-order valence-electron chi connectivity index (χ2n) is 5.94. The maximum Gasteiger partial charge on any atom is 0.229 e. The number of benzene rings is 1. The Balaban J connectivity index is 2.03. The highest BCUT2D eigenvalue weighted by Crippen LogP contribution is 2.24. The molecule has 22 heavy (non-hydrogen) atoms. The van der Waals surface area contributed by atoms with Gasteiger partial charge in [0.25, 0.3) is 0 Å². The Morgan fingerprint density at radius 2 is 2.00 bits per heavy atom. The smallest absolute Gasteiger partial charge is 0.229 e. The third kappa shape index (κ3) is 4.30. The van der Waals surface area contributed by atoms with E-state index in [4.69, 9.17) is 20.8 Å². The molecule has 0 fully saturated rings. The highest BCUT2D eigenvalue weighted by Gasteiger charge is 2.22. The molecule has 0 aliphatic heterocycles. The molecule has 0 saturated carbocycles. The molecule has 0 unspecified atom stereocenters. The Hall–Kier alpha value is -1.40. The lowest BCUT2D eigenvalue weighted by Gasteiger charge is -2.11. The summed E-state index contributed by atoms with van der Waals surface area (Å²) < 4.78 is 22.9. The zero-order valence-corrected chi connectivity index (χ0v) is 14.6. The van der Waals surface area contributed by atoms with Crippen LogP contribution in [-0.2, 0) is 27.7 Å². The summed E-state index contributed by atoms with van der Waals surface area (Å²) >= 11 is 6.15. The summed E-state index contributed by atoms with van der Waals surface area (Å²) in [4.78, 5) is 0. The van der Waals surface area contributed by atoms with E-state index in [0.29, 0.717) is 28.3 Å². The van der Waals surface area contributed by atoms with Crippen molar-refractivity contribution in [2.24, 2.45) is 0 Å². The highest BCUT2D eigenvalue weighted by molar-refractivity contribution is 7.83. The van der Waals surface area contributed by atoms with Gasteiger partial charge in [0, 0.05) is 21.2 Å². The molecule has 120 valence electrons. The standard InChI is InChI=1S/C15H19ClN2O3S/c1-15(2,3)14-18-17-13(21-14)9-22(19)8-10-5-6-11(20-4)7-12(10)16/h5-7H,8-9H2,1-4H3/t22-/m0/s1. The van der Waals surface area contributed by atoms with E-state index in [-0.39, 0.29) is 11.2 Å². The molecule has 2 aromatic rings. The number of hydrogen-bond acceptors (Lipinski definition) is 5. The lowest BCUT2D eigenvalue weighted by atomic mass is 9.97. The second kappa shape index (κ2) is 6.79. The van der Waals surface area contributed by atoms with Crippen molar-refractivity contribution >= 4 is 22.4 Å². The van der Waals surface area contributed by atoms with Gasteiger partial charge in [-0.2, -0.15) is 0 Å². The lowest BCUT2D eigenvalue weighted by Crippen LogP contribution is -2.11. The van der Waals surface area contributed by atoms with Gasteiger partial charge in [-0.15, -0.1) is 10.2 Å². The fourth-order valence-corrected chi connectivity index (χ4v) is 3.16. The molecule has 1 aromatic heterocycles. The molecule has 0 aliphatic carbocycles. The van der Waals surface area contributed by atoms with Gasteiger partial charge in [-0.1, -0.05) is 38.4 Å². The Morgan fingerprint density at radius 1 is 1.27 bits per heavy atom. The van der Waals surface area contributed by atoms with Crippen LogP contribution in [0.2, 0.25) is 5.02 Å². The van der Waals surface area contributed by atoms with Gasteiger partial charge in [0.05, 0.1) is 12.9 Å². The number of methoxy groups -OCH3 is 1. The largest absolute Gasteiger partial charge is 0.497 e. The van der Waals surface area contributed by atoms with Crippen LogP contribution in [0.5, 0.6) is 5.75 Å². The van der Waals surface area contributed by atoms with E-state index in [0.717, 1.165) is 5.56 Å². The van der Waals surface area contributed by atoms with Crippen LogP contribution in [0.1, 0.15) is 38.1 Å². The van der Waals surface area contributed by atoms with Crippen LogP contribution in [0, 0.1) is 0 Å². The molecular formula is C15H19ClN2O3S. The highest BCUT2D eigenvalue weighted by atomic mass is 35.5. The molecule has 1 atom stereocenters. The molecular weight excluding hydrogens is 324 g/mol. The fourth-order valence-electron chi connectivity index (χ4n) is 1.75. The molecule has 0 N–H and O–H groups in total. The van der Waals surface area contributed by atoms with Gasteiger partial charge >= 0.3 is 0 Å². The molecule has 5 nitrogen and oxygen atoms in total. The summed E-state index contributed by atoms with van der Waals surface area (Å²) in [5.74, 6) is 2.14. The SMILES string of the molecule is COc1ccc(C[S@](=O)Cc2nnc(C(C)(C)C)o2)c(Cl)c1. The van der Waals surface area contributed by atoms with Crippen LogP contribution in [0.15, 0.2) is 22.6 Å². The first-order valence-corrected chi connectivity index (χ1v) is 8.66. The molecule has 0 spiro atoms. The molecule has 2 rings (SSSR count). The summed E-state index contributed by atoms with van der Waals surface area (Å²) in [7, 11) is 0.399. The van der Waals surface area contributed by atoms with E-state index < -0.39 is 10.8 Å². The van der Waals surface area contributed by atoms with E-state index in [1.54, 1.807) is 19.2 Å². The zero-order valence-electron chi connectivity index (χ0n) is 13.1. The van der Waals surface area contributed by atoms with Gasteiger partial charge in [0.15, 0.2) is 0 Å². The van der Waals surface area contributed by atoms with Gasteiger partial charge in [-0.05, 0) is 17.7 Å². The molecule has 0 aliphatic rings. The van der Waals surface area contributed by atoms with Gasteiger partial charge in [-0.3, -0.25) is 4.21 Å². The minimum absolute atomic E-state index is 0.214. The molecule has 0 saturated heterocycles. The third-order valence-electron chi connectivity index (χ3n) is 2.97. The van der Waals surface area contributed by atoms with Crippen LogP contribution in [0.3, 0.4) is 0 Å². The van der Waals surface area contributed by atoms with E-state index in [9.17, 15) is 4.21 Å². The van der Waals surface area contributed by atoms with Crippen LogP contribution in [-0.4, -0.2) is 21.5 Å². The Labute approximate surface area is 137 Å². The van der Waals surface area contributed by atoms with Crippen LogP contribution in [0.4, 0.5) is 0 Å². The molecule has 1 aromatic carbocycles. The fraction of sp³-hybridized carbons (Fsp3) is 0.467. The molecule has 0 radical (unpaired) electrons. The van der Waals surface area contributed by atoms with Gasteiger partial charge < -0.3 is 9.15 Å². The number of halogens is 1.